The number of nitrogens with zero attached hydrogens (tertiary/aromatic N) is 3. The van der Waals surface area contributed by atoms with Crippen molar-refractivity contribution in [3.63, 3.8) is 0 Å². The number of likely N-dealkylation sites (tertiary alicyclic amines) is 1. The highest BCUT2D eigenvalue weighted by molar-refractivity contribution is 5.81. The van der Waals surface area contributed by atoms with Crippen LogP contribution in [0.15, 0.2) is 47.3 Å². The van der Waals surface area contributed by atoms with Crippen LogP contribution in [0.4, 0.5) is 4.39 Å². The third-order valence-corrected chi connectivity index (χ3v) is 5.48. The van der Waals surface area contributed by atoms with E-state index in [9.17, 15) is 9.18 Å². The molecule has 0 spiro atoms. The van der Waals surface area contributed by atoms with E-state index in [0.29, 0.717) is 34.6 Å². The van der Waals surface area contributed by atoms with Crippen LogP contribution in [0.5, 0.6) is 5.75 Å². The number of fused-ring (bicyclic) bond motifs is 1. The predicted molar refractivity (Wildman–Crippen MR) is 113 cm³/mol. The summed E-state index contributed by atoms with van der Waals surface area (Å²) in [7, 11) is 0. The molecule has 1 aliphatic rings. The van der Waals surface area contributed by atoms with E-state index < -0.39 is 6.67 Å². The Morgan fingerprint density at radius 3 is 2.59 bits per heavy atom. The molecular weight excluding hydrogens is 369 g/mol. The highest BCUT2D eigenvalue weighted by Gasteiger charge is 2.13. The van der Waals surface area contributed by atoms with Gasteiger partial charge in [0.2, 0.25) is 0 Å². The molecule has 1 aliphatic heterocycles. The van der Waals surface area contributed by atoms with Crippen molar-refractivity contribution in [2.75, 3.05) is 26.2 Å². The van der Waals surface area contributed by atoms with Gasteiger partial charge >= 0.3 is 0 Å². The van der Waals surface area contributed by atoms with Crippen molar-refractivity contribution in [1.29, 1.82) is 0 Å². The molecule has 1 aromatic heterocycles. The van der Waals surface area contributed by atoms with Crippen LogP contribution in [0, 0.1) is 6.92 Å². The zero-order valence-corrected chi connectivity index (χ0v) is 16.7. The number of aromatic nitrogens is 2. The van der Waals surface area contributed by atoms with E-state index in [1.54, 1.807) is 25.1 Å². The lowest BCUT2D eigenvalue weighted by molar-refractivity contribution is 0.263. The molecule has 0 amide bonds. The maximum atomic E-state index is 13.4. The van der Waals surface area contributed by atoms with Crippen molar-refractivity contribution in [3.8, 4) is 11.4 Å². The Balaban J connectivity index is 1.51. The zero-order valence-electron chi connectivity index (χ0n) is 16.7. The Labute approximate surface area is 169 Å². The number of ether oxygens (including phenoxy) is 1. The first-order valence-corrected chi connectivity index (χ1v) is 10.2. The molecule has 0 atom stereocenters. The molecule has 1 fully saturated rings. The number of hydrogen-bond acceptors (Lipinski definition) is 4. The highest BCUT2D eigenvalue weighted by atomic mass is 19.1. The van der Waals surface area contributed by atoms with E-state index in [2.05, 4.69) is 9.88 Å². The van der Waals surface area contributed by atoms with Crippen LogP contribution < -0.4 is 10.3 Å². The van der Waals surface area contributed by atoms with Crippen LogP contribution in [0.1, 0.15) is 30.7 Å². The van der Waals surface area contributed by atoms with E-state index >= 15 is 0 Å². The summed E-state index contributed by atoms with van der Waals surface area (Å²) in [4.78, 5) is 20.0. The van der Waals surface area contributed by atoms with Gasteiger partial charge in [-0.25, -0.2) is 9.37 Å². The van der Waals surface area contributed by atoms with Crippen LogP contribution in [-0.4, -0.2) is 40.7 Å². The fraction of sp³-hybridized carbons (Fsp3) is 0.391. The Morgan fingerprint density at radius 1 is 1.10 bits per heavy atom. The monoisotopic (exact) mass is 395 g/mol. The lowest BCUT2D eigenvalue weighted by atomic mass is 10.1. The molecule has 152 valence electrons. The van der Waals surface area contributed by atoms with Crippen molar-refractivity contribution in [1.82, 2.24) is 14.5 Å². The number of alkyl halides is 1. The van der Waals surface area contributed by atoms with Gasteiger partial charge in [0.05, 0.1) is 23.2 Å². The first kappa shape index (κ1) is 19.6. The zero-order chi connectivity index (χ0) is 20.2. The molecule has 3 aromatic rings. The minimum absolute atomic E-state index is 0.250. The standard InChI is InChI=1S/C23H26FN3O2/c1-17-25-21-7-4-6-18(16-24)22(21)23(28)27(17)19-8-10-20(11-9-19)29-15-5-14-26-12-2-3-13-26/h4,6-11H,2-3,5,12-16H2,1H3. The van der Waals surface area contributed by atoms with E-state index in [1.807, 2.05) is 24.3 Å². The summed E-state index contributed by atoms with van der Waals surface area (Å²) >= 11 is 0. The molecular formula is C23H26FN3O2. The molecule has 0 N–H and O–H groups in total. The lowest BCUT2D eigenvalue weighted by Gasteiger charge is -2.15. The van der Waals surface area contributed by atoms with Gasteiger partial charge in [-0.05, 0) is 75.2 Å². The molecule has 0 saturated carbocycles. The molecule has 6 heteroatoms. The number of halogens is 1. The minimum Gasteiger partial charge on any atom is -0.494 e. The normalized spacial score (nSPS) is 14.6. The molecule has 5 nitrogen and oxygen atoms in total. The van der Waals surface area contributed by atoms with Gasteiger partial charge in [0.1, 0.15) is 18.2 Å². The second kappa shape index (κ2) is 8.74. The average Bonchev–Trinajstić information content (AvgIpc) is 3.25. The summed E-state index contributed by atoms with van der Waals surface area (Å²) < 4.78 is 20.7. The van der Waals surface area contributed by atoms with Crippen LogP contribution >= 0.6 is 0 Å². The Bertz CT molecular complexity index is 1040. The summed E-state index contributed by atoms with van der Waals surface area (Å²) in [5.41, 5.74) is 1.34. The topological polar surface area (TPSA) is 47.4 Å². The molecule has 1 saturated heterocycles. The van der Waals surface area contributed by atoms with Gasteiger partial charge in [-0.2, -0.15) is 0 Å². The third-order valence-electron chi connectivity index (χ3n) is 5.48. The summed E-state index contributed by atoms with van der Waals surface area (Å²) in [6.45, 7) is 5.24. The molecule has 29 heavy (non-hydrogen) atoms. The van der Waals surface area contributed by atoms with E-state index in [-0.39, 0.29) is 5.56 Å². The minimum atomic E-state index is -0.693. The van der Waals surface area contributed by atoms with Gasteiger partial charge in [0.25, 0.3) is 5.56 Å². The highest BCUT2D eigenvalue weighted by Crippen LogP contribution is 2.19. The van der Waals surface area contributed by atoms with Crippen molar-refractivity contribution in [3.05, 3.63) is 64.2 Å². The molecule has 0 aliphatic carbocycles. The maximum absolute atomic E-state index is 13.4. The molecule has 0 bridgehead atoms. The summed E-state index contributed by atoms with van der Waals surface area (Å²) in [6, 6.07) is 12.5. The summed E-state index contributed by atoms with van der Waals surface area (Å²) in [5.74, 6) is 1.34. The molecule has 0 radical (unpaired) electrons. The van der Waals surface area contributed by atoms with Crippen molar-refractivity contribution < 1.29 is 9.13 Å². The first-order chi connectivity index (χ1) is 14.2. The molecule has 2 aromatic carbocycles. The first-order valence-electron chi connectivity index (χ1n) is 10.2. The largest absolute Gasteiger partial charge is 0.494 e. The van der Waals surface area contributed by atoms with Crippen molar-refractivity contribution >= 4 is 10.9 Å². The Hall–Kier alpha value is -2.73. The van der Waals surface area contributed by atoms with Crippen molar-refractivity contribution in [2.24, 2.45) is 0 Å². The number of aryl methyl sites for hydroxylation is 1. The second-order valence-corrected chi connectivity index (χ2v) is 7.49. The smallest absolute Gasteiger partial charge is 0.266 e. The van der Waals surface area contributed by atoms with E-state index in [0.717, 1.165) is 18.7 Å². The van der Waals surface area contributed by atoms with Gasteiger partial charge in [-0.1, -0.05) is 12.1 Å². The number of rotatable bonds is 7. The fourth-order valence-corrected chi connectivity index (χ4v) is 4.00. The molecule has 2 heterocycles. The second-order valence-electron chi connectivity index (χ2n) is 7.49. The summed E-state index contributed by atoms with van der Waals surface area (Å²) in [5, 5.41) is 0.336. The van der Waals surface area contributed by atoms with Gasteiger partial charge in [-0.3, -0.25) is 9.36 Å². The fourth-order valence-electron chi connectivity index (χ4n) is 4.00. The van der Waals surface area contributed by atoms with Gasteiger partial charge < -0.3 is 9.64 Å². The van der Waals surface area contributed by atoms with Gasteiger partial charge in [-0.15, -0.1) is 0 Å². The number of benzene rings is 2. The van der Waals surface area contributed by atoms with Gasteiger partial charge in [0.15, 0.2) is 0 Å². The SMILES string of the molecule is Cc1nc2cccc(CF)c2c(=O)n1-c1ccc(OCCCN2CCCC2)cc1. The van der Waals surface area contributed by atoms with Crippen LogP contribution in [0.25, 0.3) is 16.6 Å². The number of hydrogen-bond donors (Lipinski definition) is 0. The average molecular weight is 395 g/mol. The molecule has 0 unspecified atom stereocenters. The van der Waals surface area contributed by atoms with Crippen LogP contribution in [-0.2, 0) is 6.67 Å². The Morgan fingerprint density at radius 2 is 1.86 bits per heavy atom. The third kappa shape index (κ3) is 4.17. The molecule has 4 rings (SSSR count). The van der Waals surface area contributed by atoms with Gasteiger partial charge in [0, 0.05) is 6.54 Å². The lowest BCUT2D eigenvalue weighted by Crippen LogP contribution is -2.23. The van der Waals surface area contributed by atoms with E-state index in [1.165, 1.54) is 30.5 Å². The predicted octanol–water partition coefficient (Wildman–Crippen LogP) is 4.03. The Kier molecular flexibility index (Phi) is 5.90. The van der Waals surface area contributed by atoms with Crippen LogP contribution in [0.2, 0.25) is 0 Å². The van der Waals surface area contributed by atoms with Crippen molar-refractivity contribution in [2.45, 2.75) is 32.9 Å². The summed E-state index contributed by atoms with van der Waals surface area (Å²) in [6.07, 6.45) is 3.61. The van der Waals surface area contributed by atoms with E-state index in [4.69, 9.17) is 4.74 Å². The maximum Gasteiger partial charge on any atom is 0.266 e. The van der Waals surface area contributed by atoms with Crippen LogP contribution in [0.3, 0.4) is 0 Å². The quantitative estimate of drug-likeness (QED) is 0.567.